The Kier molecular flexibility index (Phi) is 6.49. The molecule has 0 aromatic heterocycles. The van der Waals surface area contributed by atoms with Crippen molar-refractivity contribution in [3.63, 3.8) is 0 Å². The number of hydrogen-bond acceptors (Lipinski definition) is 4. The monoisotopic (exact) mass is 292 g/mol. The van der Waals surface area contributed by atoms with Crippen LogP contribution < -0.4 is 10.5 Å². The van der Waals surface area contributed by atoms with Gasteiger partial charge in [-0.1, -0.05) is 31.4 Å². The maximum absolute atomic E-state index is 10.1. The number of ether oxygens (including phenoxy) is 1. The molecule has 3 N–H and O–H groups in total. The van der Waals surface area contributed by atoms with Gasteiger partial charge in [-0.15, -0.1) is 0 Å². The molecule has 0 radical (unpaired) electrons. The average molecular weight is 292 g/mol. The van der Waals surface area contributed by atoms with Crippen LogP contribution in [0.15, 0.2) is 24.3 Å². The molecular weight excluding hydrogens is 264 g/mol. The van der Waals surface area contributed by atoms with Crippen LogP contribution in [0.5, 0.6) is 5.75 Å². The maximum Gasteiger partial charge on any atom is 0.119 e. The van der Waals surface area contributed by atoms with Crippen molar-refractivity contribution in [1.82, 2.24) is 4.90 Å². The van der Waals surface area contributed by atoms with Crippen LogP contribution >= 0.6 is 0 Å². The van der Waals surface area contributed by atoms with Crippen molar-refractivity contribution < 1.29 is 9.84 Å². The summed E-state index contributed by atoms with van der Waals surface area (Å²) >= 11 is 0. The molecule has 1 unspecified atom stereocenters. The van der Waals surface area contributed by atoms with Gasteiger partial charge in [-0.3, -0.25) is 0 Å². The summed E-state index contributed by atoms with van der Waals surface area (Å²) in [4.78, 5) is 2.28. The highest BCUT2D eigenvalue weighted by molar-refractivity contribution is 5.28. The summed E-state index contributed by atoms with van der Waals surface area (Å²) in [5.74, 6) is 0.775. The molecule has 118 valence electrons. The molecule has 1 atom stereocenters. The van der Waals surface area contributed by atoms with E-state index in [0.29, 0.717) is 25.7 Å². The van der Waals surface area contributed by atoms with Crippen LogP contribution in [0.3, 0.4) is 0 Å². The number of hydrogen-bond donors (Lipinski definition) is 2. The molecule has 1 aromatic carbocycles. The molecule has 1 aromatic rings. The zero-order valence-corrected chi connectivity index (χ0v) is 13.0. The Morgan fingerprint density at radius 1 is 1.33 bits per heavy atom. The van der Waals surface area contributed by atoms with Crippen LogP contribution in [-0.4, -0.2) is 42.4 Å². The van der Waals surface area contributed by atoms with E-state index in [-0.39, 0.29) is 0 Å². The Morgan fingerprint density at radius 2 is 2.10 bits per heavy atom. The van der Waals surface area contributed by atoms with Crippen LogP contribution in [0.1, 0.15) is 37.7 Å². The van der Waals surface area contributed by atoms with E-state index in [4.69, 9.17) is 10.5 Å². The quantitative estimate of drug-likeness (QED) is 0.808. The number of nitrogens with two attached hydrogens (primary N) is 1. The number of aliphatic hydroxyl groups is 1. The van der Waals surface area contributed by atoms with Crippen LogP contribution in [0.25, 0.3) is 0 Å². The summed E-state index contributed by atoms with van der Waals surface area (Å²) < 4.78 is 5.67. The molecule has 4 heteroatoms. The van der Waals surface area contributed by atoms with Gasteiger partial charge in [0.05, 0.1) is 0 Å². The van der Waals surface area contributed by atoms with E-state index in [9.17, 15) is 5.11 Å². The van der Waals surface area contributed by atoms with Crippen molar-refractivity contribution in [2.75, 3.05) is 20.2 Å². The number of benzene rings is 1. The van der Waals surface area contributed by atoms with E-state index in [1.54, 1.807) is 0 Å². The molecule has 0 spiro atoms. The minimum absolute atomic E-state index is 0.324. The summed E-state index contributed by atoms with van der Waals surface area (Å²) in [5, 5.41) is 10.1. The third-order valence-electron chi connectivity index (χ3n) is 4.27. The number of likely N-dealkylation sites (N-methyl/N-ethyl adjacent to an activating group) is 1. The second kappa shape index (κ2) is 8.37. The zero-order chi connectivity index (χ0) is 15.1. The summed E-state index contributed by atoms with van der Waals surface area (Å²) in [6.45, 7) is 1.50. The third-order valence-corrected chi connectivity index (χ3v) is 4.27. The molecule has 0 amide bonds. The van der Waals surface area contributed by atoms with Crippen molar-refractivity contribution >= 4 is 0 Å². The topological polar surface area (TPSA) is 58.7 Å². The van der Waals surface area contributed by atoms with Crippen LogP contribution in [0.2, 0.25) is 0 Å². The van der Waals surface area contributed by atoms with Gasteiger partial charge in [-0.25, -0.2) is 0 Å². The first-order chi connectivity index (χ1) is 10.2. The molecule has 0 heterocycles. The van der Waals surface area contributed by atoms with Crippen molar-refractivity contribution in [2.24, 2.45) is 5.73 Å². The van der Waals surface area contributed by atoms with Crippen molar-refractivity contribution in [3.8, 4) is 5.75 Å². The fraction of sp³-hybridized carbons (Fsp3) is 0.647. The molecule has 21 heavy (non-hydrogen) atoms. The Balaban J connectivity index is 1.74. The van der Waals surface area contributed by atoms with Gasteiger partial charge in [0, 0.05) is 19.1 Å². The molecule has 0 aliphatic heterocycles. The number of rotatable bonds is 7. The largest absolute Gasteiger partial charge is 0.491 e. The molecule has 1 aliphatic rings. The normalized spacial score (nSPS) is 17.9. The SMILES string of the molecule is CN(CC(O)COc1cccc(CN)c1)C1CCCCC1. The van der Waals surface area contributed by atoms with Gasteiger partial charge in [0.1, 0.15) is 18.5 Å². The van der Waals surface area contributed by atoms with Crippen LogP contribution in [0, 0.1) is 0 Å². The van der Waals surface area contributed by atoms with Crippen molar-refractivity contribution in [3.05, 3.63) is 29.8 Å². The van der Waals surface area contributed by atoms with Gasteiger partial charge < -0.3 is 20.5 Å². The lowest BCUT2D eigenvalue weighted by atomic mass is 9.94. The summed E-state index contributed by atoms with van der Waals surface area (Å²) in [6.07, 6.45) is 6.03. The van der Waals surface area contributed by atoms with E-state index < -0.39 is 6.10 Å². The average Bonchev–Trinajstić information content (AvgIpc) is 2.54. The first-order valence-corrected chi connectivity index (χ1v) is 7.99. The molecule has 1 saturated carbocycles. The van der Waals surface area contributed by atoms with Gasteiger partial charge >= 0.3 is 0 Å². The molecule has 0 saturated heterocycles. The Morgan fingerprint density at radius 3 is 2.81 bits per heavy atom. The fourth-order valence-electron chi connectivity index (χ4n) is 3.01. The highest BCUT2D eigenvalue weighted by Crippen LogP contribution is 2.21. The van der Waals surface area contributed by atoms with Crippen molar-refractivity contribution in [1.29, 1.82) is 0 Å². The molecular formula is C17H28N2O2. The van der Waals surface area contributed by atoms with Gasteiger partial charge in [-0.05, 0) is 37.6 Å². The van der Waals surface area contributed by atoms with E-state index in [1.807, 2.05) is 24.3 Å². The first-order valence-electron chi connectivity index (χ1n) is 7.99. The smallest absolute Gasteiger partial charge is 0.119 e. The predicted octanol–water partition coefficient (Wildman–Crippen LogP) is 2.15. The lowest BCUT2D eigenvalue weighted by Gasteiger charge is -2.32. The predicted molar refractivity (Wildman–Crippen MR) is 85.3 cm³/mol. The highest BCUT2D eigenvalue weighted by Gasteiger charge is 2.20. The molecule has 1 aliphatic carbocycles. The Bertz CT molecular complexity index is 419. The van der Waals surface area contributed by atoms with E-state index >= 15 is 0 Å². The second-order valence-electron chi connectivity index (χ2n) is 6.05. The lowest BCUT2D eigenvalue weighted by Crippen LogP contribution is -2.40. The van der Waals surface area contributed by atoms with Gasteiger partial charge in [0.2, 0.25) is 0 Å². The molecule has 4 nitrogen and oxygen atoms in total. The third kappa shape index (κ3) is 5.30. The Labute approximate surface area is 127 Å². The highest BCUT2D eigenvalue weighted by atomic mass is 16.5. The number of nitrogens with zero attached hydrogens (tertiary/aromatic N) is 1. The molecule has 0 bridgehead atoms. The fourth-order valence-corrected chi connectivity index (χ4v) is 3.01. The second-order valence-corrected chi connectivity index (χ2v) is 6.05. The van der Waals surface area contributed by atoms with E-state index in [1.165, 1.54) is 32.1 Å². The summed E-state index contributed by atoms with van der Waals surface area (Å²) in [7, 11) is 2.11. The summed E-state index contributed by atoms with van der Waals surface area (Å²) in [6, 6.07) is 8.35. The Hall–Kier alpha value is -1.10. The molecule has 2 rings (SSSR count). The van der Waals surface area contributed by atoms with Crippen molar-refractivity contribution in [2.45, 2.75) is 50.8 Å². The standard InChI is InChI=1S/C17H28N2O2/c1-19(15-7-3-2-4-8-15)12-16(20)13-21-17-9-5-6-14(10-17)11-18/h5-6,9-10,15-16,20H,2-4,7-8,11-13,18H2,1H3. The van der Waals surface area contributed by atoms with Gasteiger partial charge in [-0.2, -0.15) is 0 Å². The molecule has 1 fully saturated rings. The zero-order valence-electron chi connectivity index (χ0n) is 13.0. The van der Waals surface area contributed by atoms with Crippen LogP contribution in [0.4, 0.5) is 0 Å². The van der Waals surface area contributed by atoms with E-state index in [2.05, 4.69) is 11.9 Å². The lowest BCUT2D eigenvalue weighted by molar-refractivity contribution is 0.0561. The minimum atomic E-state index is -0.460. The van der Waals surface area contributed by atoms with Crippen LogP contribution in [-0.2, 0) is 6.54 Å². The number of aliphatic hydroxyl groups excluding tert-OH is 1. The van der Waals surface area contributed by atoms with Gasteiger partial charge in [0.25, 0.3) is 0 Å². The van der Waals surface area contributed by atoms with Gasteiger partial charge in [0.15, 0.2) is 0 Å². The first kappa shape index (κ1) is 16.3. The van der Waals surface area contributed by atoms with E-state index in [0.717, 1.165) is 11.3 Å². The minimum Gasteiger partial charge on any atom is -0.491 e. The maximum atomic E-state index is 10.1. The summed E-state index contributed by atoms with van der Waals surface area (Å²) in [5.41, 5.74) is 6.65.